The maximum absolute atomic E-state index is 4.48. The Kier molecular flexibility index (Phi) is 9.41. The quantitative estimate of drug-likeness (QED) is 0.281. The number of likely N-dealkylation sites (tertiary alicyclic amines) is 1. The van der Waals surface area contributed by atoms with Crippen molar-refractivity contribution >= 4 is 41.7 Å². The molecule has 1 aromatic carbocycles. The molecule has 0 amide bonds. The number of hydrogen-bond acceptors (Lipinski definition) is 3. The zero-order valence-electron chi connectivity index (χ0n) is 16.1. The van der Waals surface area contributed by atoms with E-state index in [4.69, 9.17) is 0 Å². The number of thioether (sulfide) groups is 1. The standard InChI is InChI=1S/C21H28N4S.HI/c1-17-8-9-18(14-24-17)10-12-23-21(22-2)25-13-11-19(15-25)16-26-20-6-4-3-5-7-20;/h3-9,14,19H,10-13,15-16H2,1-2H3,(H,22,23);1H. The summed E-state index contributed by atoms with van der Waals surface area (Å²) < 4.78 is 0. The summed E-state index contributed by atoms with van der Waals surface area (Å²) in [5.74, 6) is 2.92. The van der Waals surface area contributed by atoms with Gasteiger partial charge in [-0.05, 0) is 49.4 Å². The molecule has 0 bridgehead atoms. The highest BCUT2D eigenvalue weighted by molar-refractivity contribution is 14.0. The first-order valence-corrected chi connectivity index (χ1v) is 10.3. The van der Waals surface area contributed by atoms with Gasteiger partial charge in [0.05, 0.1) is 0 Å². The van der Waals surface area contributed by atoms with Crippen molar-refractivity contribution < 1.29 is 0 Å². The average molecular weight is 496 g/mol. The smallest absolute Gasteiger partial charge is 0.193 e. The predicted molar refractivity (Wildman–Crippen MR) is 126 cm³/mol. The van der Waals surface area contributed by atoms with Gasteiger partial charge in [0.2, 0.25) is 0 Å². The molecular weight excluding hydrogens is 467 g/mol. The van der Waals surface area contributed by atoms with Crippen LogP contribution in [0.2, 0.25) is 0 Å². The minimum atomic E-state index is 0. The van der Waals surface area contributed by atoms with Gasteiger partial charge >= 0.3 is 0 Å². The second-order valence-electron chi connectivity index (χ2n) is 6.76. The second-order valence-corrected chi connectivity index (χ2v) is 7.85. The SMILES string of the molecule is CN=C(NCCc1ccc(C)nc1)N1CCC(CSc2ccccc2)C1.I. The van der Waals surface area contributed by atoms with Gasteiger partial charge in [0.15, 0.2) is 5.96 Å². The van der Waals surface area contributed by atoms with Crippen LogP contribution in [0.4, 0.5) is 0 Å². The Morgan fingerprint density at radius 3 is 2.78 bits per heavy atom. The van der Waals surface area contributed by atoms with Crippen LogP contribution < -0.4 is 5.32 Å². The molecule has 146 valence electrons. The summed E-state index contributed by atoms with van der Waals surface area (Å²) in [5, 5.41) is 3.51. The van der Waals surface area contributed by atoms with Crippen molar-refractivity contribution in [3.8, 4) is 0 Å². The number of nitrogens with one attached hydrogen (secondary N) is 1. The van der Waals surface area contributed by atoms with E-state index in [2.05, 4.69) is 62.7 Å². The van der Waals surface area contributed by atoms with Crippen LogP contribution in [0.1, 0.15) is 17.7 Å². The van der Waals surface area contributed by atoms with Crippen molar-refractivity contribution in [1.82, 2.24) is 15.2 Å². The topological polar surface area (TPSA) is 40.5 Å². The molecule has 6 heteroatoms. The Hall–Kier alpha value is -1.28. The van der Waals surface area contributed by atoms with Crippen molar-refractivity contribution in [2.24, 2.45) is 10.9 Å². The summed E-state index contributed by atoms with van der Waals surface area (Å²) in [6, 6.07) is 14.9. The van der Waals surface area contributed by atoms with Gasteiger partial charge in [0.25, 0.3) is 0 Å². The minimum Gasteiger partial charge on any atom is -0.356 e. The van der Waals surface area contributed by atoms with E-state index in [-0.39, 0.29) is 24.0 Å². The molecule has 1 aliphatic rings. The molecule has 0 radical (unpaired) electrons. The number of halogens is 1. The number of nitrogens with zero attached hydrogens (tertiary/aromatic N) is 3. The fraction of sp³-hybridized carbons (Fsp3) is 0.429. The van der Waals surface area contributed by atoms with Gasteiger partial charge < -0.3 is 10.2 Å². The number of aryl methyl sites for hydroxylation is 1. The molecule has 4 nitrogen and oxygen atoms in total. The van der Waals surface area contributed by atoms with Gasteiger partial charge in [-0.15, -0.1) is 35.7 Å². The van der Waals surface area contributed by atoms with Crippen LogP contribution in [0.5, 0.6) is 0 Å². The highest BCUT2D eigenvalue weighted by Crippen LogP contribution is 2.25. The fourth-order valence-electron chi connectivity index (χ4n) is 3.19. The number of aromatic nitrogens is 1. The van der Waals surface area contributed by atoms with Crippen LogP contribution in [0.15, 0.2) is 58.5 Å². The third-order valence-corrected chi connectivity index (χ3v) is 5.94. The summed E-state index contributed by atoms with van der Waals surface area (Å²) in [5.41, 5.74) is 2.33. The lowest BCUT2D eigenvalue weighted by Crippen LogP contribution is -2.41. The first-order chi connectivity index (χ1) is 12.7. The van der Waals surface area contributed by atoms with E-state index in [1.807, 2.05) is 31.9 Å². The molecular formula is C21H29IN4S. The van der Waals surface area contributed by atoms with Crippen molar-refractivity contribution in [3.63, 3.8) is 0 Å². The Balaban J connectivity index is 0.00000261. The number of benzene rings is 1. The number of aliphatic imine (C=N–C) groups is 1. The van der Waals surface area contributed by atoms with Gasteiger partial charge in [0.1, 0.15) is 0 Å². The number of hydrogen-bond donors (Lipinski definition) is 1. The van der Waals surface area contributed by atoms with Crippen LogP contribution in [0, 0.1) is 12.8 Å². The number of pyridine rings is 1. The van der Waals surface area contributed by atoms with Gasteiger partial charge in [0, 0.05) is 49.2 Å². The molecule has 1 N–H and O–H groups in total. The van der Waals surface area contributed by atoms with E-state index in [1.54, 1.807) is 0 Å². The molecule has 27 heavy (non-hydrogen) atoms. The number of rotatable bonds is 6. The molecule has 0 aliphatic carbocycles. The maximum atomic E-state index is 4.48. The summed E-state index contributed by atoms with van der Waals surface area (Å²) in [4.78, 5) is 12.6. The number of guanidine groups is 1. The first kappa shape index (κ1) is 22.0. The van der Waals surface area contributed by atoms with Gasteiger partial charge in [-0.3, -0.25) is 9.98 Å². The maximum Gasteiger partial charge on any atom is 0.193 e. The van der Waals surface area contributed by atoms with Gasteiger partial charge in [-0.25, -0.2) is 0 Å². The van der Waals surface area contributed by atoms with E-state index in [0.29, 0.717) is 0 Å². The summed E-state index contributed by atoms with van der Waals surface area (Å²) in [6.45, 7) is 5.08. The van der Waals surface area contributed by atoms with E-state index in [0.717, 1.165) is 43.6 Å². The molecule has 1 atom stereocenters. The molecule has 1 unspecified atom stereocenters. The highest BCUT2D eigenvalue weighted by Gasteiger charge is 2.24. The molecule has 2 aromatic rings. The Labute approximate surface area is 184 Å². The minimum absolute atomic E-state index is 0. The first-order valence-electron chi connectivity index (χ1n) is 9.29. The van der Waals surface area contributed by atoms with Gasteiger partial charge in [-0.2, -0.15) is 0 Å². The highest BCUT2D eigenvalue weighted by atomic mass is 127. The van der Waals surface area contributed by atoms with Crippen molar-refractivity contribution in [2.75, 3.05) is 32.4 Å². The molecule has 2 heterocycles. The molecule has 1 fully saturated rings. The van der Waals surface area contributed by atoms with Crippen LogP contribution in [-0.4, -0.2) is 48.3 Å². The lowest BCUT2D eigenvalue weighted by Gasteiger charge is -2.21. The van der Waals surface area contributed by atoms with Gasteiger partial charge in [-0.1, -0.05) is 24.3 Å². The third-order valence-electron chi connectivity index (χ3n) is 4.70. The molecule has 1 aliphatic heterocycles. The predicted octanol–water partition coefficient (Wildman–Crippen LogP) is 4.24. The fourth-order valence-corrected chi connectivity index (χ4v) is 4.24. The largest absolute Gasteiger partial charge is 0.356 e. The molecule has 0 spiro atoms. The van der Waals surface area contributed by atoms with Crippen LogP contribution >= 0.6 is 35.7 Å². The third kappa shape index (κ3) is 6.99. The zero-order valence-corrected chi connectivity index (χ0v) is 19.2. The van der Waals surface area contributed by atoms with Crippen LogP contribution in [0.3, 0.4) is 0 Å². The Morgan fingerprint density at radius 1 is 1.26 bits per heavy atom. The van der Waals surface area contributed by atoms with Crippen molar-refractivity contribution in [1.29, 1.82) is 0 Å². The van der Waals surface area contributed by atoms with Crippen LogP contribution in [-0.2, 0) is 6.42 Å². The molecule has 1 saturated heterocycles. The molecule has 3 rings (SSSR count). The normalized spacial score (nSPS) is 16.9. The Bertz CT molecular complexity index is 706. The lowest BCUT2D eigenvalue weighted by atomic mass is 10.2. The zero-order chi connectivity index (χ0) is 18.2. The van der Waals surface area contributed by atoms with E-state index in [1.165, 1.54) is 22.6 Å². The Morgan fingerprint density at radius 2 is 2.07 bits per heavy atom. The van der Waals surface area contributed by atoms with Crippen molar-refractivity contribution in [2.45, 2.75) is 24.7 Å². The lowest BCUT2D eigenvalue weighted by molar-refractivity contribution is 0.475. The second kappa shape index (κ2) is 11.5. The van der Waals surface area contributed by atoms with E-state index < -0.39 is 0 Å². The summed E-state index contributed by atoms with van der Waals surface area (Å²) in [7, 11) is 1.88. The summed E-state index contributed by atoms with van der Waals surface area (Å²) in [6.07, 6.45) is 4.17. The van der Waals surface area contributed by atoms with E-state index >= 15 is 0 Å². The van der Waals surface area contributed by atoms with Crippen molar-refractivity contribution in [3.05, 3.63) is 59.9 Å². The average Bonchev–Trinajstić information content (AvgIpc) is 3.15. The summed E-state index contributed by atoms with van der Waals surface area (Å²) >= 11 is 1.96. The molecule has 1 aromatic heterocycles. The van der Waals surface area contributed by atoms with E-state index in [9.17, 15) is 0 Å². The van der Waals surface area contributed by atoms with Crippen LogP contribution in [0.25, 0.3) is 0 Å². The monoisotopic (exact) mass is 496 g/mol. The molecule has 0 saturated carbocycles.